The molecule has 0 bridgehead atoms. The molecule has 1 aromatic heterocycles. The van der Waals surface area contributed by atoms with Crippen molar-refractivity contribution in [2.24, 2.45) is 0 Å². The molecule has 1 heterocycles. The second-order valence-electron chi connectivity index (χ2n) is 3.39. The molecule has 0 spiro atoms. The zero-order chi connectivity index (χ0) is 13.8. The Bertz CT molecular complexity index is 605. The van der Waals surface area contributed by atoms with E-state index in [2.05, 4.69) is 14.7 Å². The molecule has 2 aromatic rings. The van der Waals surface area contributed by atoms with Crippen LogP contribution in [0.1, 0.15) is 10.4 Å². The SMILES string of the molecule is COC(=O)c1cccc(Sc2cnc(Cl)cn2)c1Cl. The molecule has 0 saturated carbocycles. The van der Waals surface area contributed by atoms with Gasteiger partial charge in [-0.05, 0) is 12.1 Å². The maximum atomic E-state index is 11.5. The van der Waals surface area contributed by atoms with Crippen LogP contribution in [0.3, 0.4) is 0 Å². The summed E-state index contributed by atoms with van der Waals surface area (Å²) in [4.78, 5) is 20.2. The van der Waals surface area contributed by atoms with Crippen molar-refractivity contribution < 1.29 is 9.53 Å². The van der Waals surface area contributed by atoms with Gasteiger partial charge in [0.1, 0.15) is 10.2 Å². The molecule has 4 nitrogen and oxygen atoms in total. The molecule has 0 amide bonds. The van der Waals surface area contributed by atoms with E-state index in [0.29, 0.717) is 25.7 Å². The second kappa shape index (κ2) is 6.23. The number of nitrogens with zero attached hydrogens (tertiary/aromatic N) is 2. The predicted molar refractivity (Wildman–Crippen MR) is 74.0 cm³/mol. The van der Waals surface area contributed by atoms with E-state index in [9.17, 15) is 4.79 Å². The maximum Gasteiger partial charge on any atom is 0.339 e. The van der Waals surface area contributed by atoms with Crippen molar-refractivity contribution in [3.63, 3.8) is 0 Å². The minimum atomic E-state index is -0.477. The molecule has 2 rings (SSSR count). The molecule has 0 aliphatic heterocycles. The number of carbonyl (C=O) groups excluding carboxylic acids is 1. The third-order valence-corrected chi connectivity index (χ3v) is 3.87. The highest BCUT2D eigenvalue weighted by Crippen LogP contribution is 2.34. The lowest BCUT2D eigenvalue weighted by Gasteiger charge is -2.07. The van der Waals surface area contributed by atoms with E-state index in [0.717, 1.165) is 0 Å². The van der Waals surface area contributed by atoms with Gasteiger partial charge in [0.25, 0.3) is 0 Å². The highest BCUT2D eigenvalue weighted by molar-refractivity contribution is 7.99. The van der Waals surface area contributed by atoms with Crippen molar-refractivity contribution in [1.82, 2.24) is 9.97 Å². The first kappa shape index (κ1) is 14.1. The first-order valence-corrected chi connectivity index (χ1v) is 6.71. The second-order valence-corrected chi connectivity index (χ2v) is 5.22. The monoisotopic (exact) mass is 314 g/mol. The van der Waals surface area contributed by atoms with Crippen molar-refractivity contribution in [1.29, 1.82) is 0 Å². The summed E-state index contributed by atoms with van der Waals surface area (Å²) in [6.45, 7) is 0. The van der Waals surface area contributed by atoms with E-state index in [1.165, 1.54) is 31.3 Å². The Morgan fingerprint density at radius 1 is 1.26 bits per heavy atom. The molecule has 0 atom stereocenters. The van der Waals surface area contributed by atoms with Crippen LogP contribution >= 0.6 is 35.0 Å². The standard InChI is InChI=1S/C12H8Cl2N2O2S/c1-18-12(17)7-3-2-4-8(11(7)14)19-10-6-15-9(13)5-16-10/h2-6H,1H3. The lowest BCUT2D eigenvalue weighted by molar-refractivity contribution is 0.0600. The third kappa shape index (κ3) is 3.37. The van der Waals surface area contributed by atoms with Crippen LogP contribution in [0.4, 0.5) is 0 Å². The summed E-state index contributed by atoms with van der Waals surface area (Å²) in [6.07, 6.45) is 2.98. The summed E-state index contributed by atoms with van der Waals surface area (Å²) in [7, 11) is 1.31. The van der Waals surface area contributed by atoms with Gasteiger partial charge in [-0.3, -0.25) is 0 Å². The predicted octanol–water partition coefficient (Wildman–Crippen LogP) is 3.72. The fourth-order valence-electron chi connectivity index (χ4n) is 1.32. The van der Waals surface area contributed by atoms with Crippen molar-refractivity contribution in [3.05, 3.63) is 46.3 Å². The lowest BCUT2D eigenvalue weighted by atomic mass is 10.2. The van der Waals surface area contributed by atoms with Gasteiger partial charge in [0, 0.05) is 4.90 Å². The zero-order valence-electron chi connectivity index (χ0n) is 9.76. The Morgan fingerprint density at radius 3 is 2.68 bits per heavy atom. The van der Waals surface area contributed by atoms with Crippen molar-refractivity contribution >= 4 is 40.9 Å². The average Bonchev–Trinajstić information content (AvgIpc) is 2.43. The molecule has 7 heteroatoms. The van der Waals surface area contributed by atoms with Crippen molar-refractivity contribution in [2.45, 2.75) is 9.92 Å². The van der Waals surface area contributed by atoms with Gasteiger partial charge in [-0.15, -0.1) is 0 Å². The molecule has 98 valence electrons. The summed E-state index contributed by atoms with van der Waals surface area (Å²) >= 11 is 13.1. The van der Waals surface area contributed by atoms with Crippen LogP contribution in [0.5, 0.6) is 0 Å². The molecular weight excluding hydrogens is 307 g/mol. The Kier molecular flexibility index (Phi) is 4.63. The minimum absolute atomic E-state index is 0.316. The van der Waals surface area contributed by atoms with Gasteiger partial charge in [0.15, 0.2) is 0 Å². The largest absolute Gasteiger partial charge is 0.465 e. The highest BCUT2D eigenvalue weighted by atomic mass is 35.5. The Labute approximate surface area is 124 Å². The molecule has 0 radical (unpaired) electrons. The molecule has 0 fully saturated rings. The lowest BCUT2D eigenvalue weighted by Crippen LogP contribution is -2.02. The quantitative estimate of drug-likeness (QED) is 0.808. The van der Waals surface area contributed by atoms with Gasteiger partial charge < -0.3 is 4.74 Å². The summed E-state index contributed by atoms with van der Waals surface area (Å²) in [5.74, 6) is -0.477. The number of esters is 1. The van der Waals surface area contributed by atoms with Crippen LogP contribution in [0.2, 0.25) is 10.2 Å². The Balaban J connectivity index is 2.30. The number of carbonyl (C=O) groups is 1. The number of halogens is 2. The Hall–Kier alpha value is -1.30. The summed E-state index contributed by atoms with van der Waals surface area (Å²) < 4.78 is 4.66. The normalized spacial score (nSPS) is 10.3. The van der Waals surface area contributed by atoms with E-state index >= 15 is 0 Å². The van der Waals surface area contributed by atoms with Crippen LogP contribution in [-0.2, 0) is 4.74 Å². The van der Waals surface area contributed by atoms with E-state index in [1.54, 1.807) is 18.2 Å². The summed E-state index contributed by atoms with van der Waals surface area (Å²) in [5.41, 5.74) is 0.316. The zero-order valence-corrected chi connectivity index (χ0v) is 12.1. The number of aromatic nitrogens is 2. The van der Waals surface area contributed by atoms with Crippen molar-refractivity contribution in [2.75, 3.05) is 7.11 Å². The molecular formula is C12H8Cl2N2O2S. The van der Waals surface area contributed by atoms with Crippen LogP contribution in [0, 0.1) is 0 Å². The molecule has 19 heavy (non-hydrogen) atoms. The van der Waals surface area contributed by atoms with E-state index in [-0.39, 0.29) is 0 Å². The first-order valence-electron chi connectivity index (χ1n) is 5.14. The van der Waals surface area contributed by atoms with Gasteiger partial charge >= 0.3 is 5.97 Å². The van der Waals surface area contributed by atoms with Gasteiger partial charge in [-0.1, -0.05) is 41.0 Å². The van der Waals surface area contributed by atoms with Gasteiger partial charge in [-0.25, -0.2) is 14.8 Å². The van der Waals surface area contributed by atoms with Gasteiger partial charge in [0.2, 0.25) is 0 Å². The molecule has 0 aliphatic carbocycles. The summed E-state index contributed by atoms with van der Waals surface area (Å²) in [5, 5.41) is 1.28. The number of benzene rings is 1. The van der Waals surface area contributed by atoms with Gasteiger partial charge in [-0.2, -0.15) is 0 Å². The van der Waals surface area contributed by atoms with E-state index < -0.39 is 5.97 Å². The summed E-state index contributed by atoms with van der Waals surface area (Å²) in [6, 6.07) is 5.12. The third-order valence-electron chi connectivity index (χ3n) is 2.18. The number of ether oxygens (including phenoxy) is 1. The maximum absolute atomic E-state index is 11.5. The number of hydrogen-bond acceptors (Lipinski definition) is 5. The molecule has 0 N–H and O–H groups in total. The van der Waals surface area contributed by atoms with E-state index in [1.807, 2.05) is 0 Å². The van der Waals surface area contributed by atoms with Crippen molar-refractivity contribution in [3.8, 4) is 0 Å². The van der Waals surface area contributed by atoms with E-state index in [4.69, 9.17) is 23.2 Å². The van der Waals surface area contributed by atoms with Crippen LogP contribution in [0.25, 0.3) is 0 Å². The highest BCUT2D eigenvalue weighted by Gasteiger charge is 2.14. The molecule has 1 aromatic carbocycles. The van der Waals surface area contributed by atoms with Crippen LogP contribution in [0.15, 0.2) is 40.5 Å². The van der Waals surface area contributed by atoms with Crippen LogP contribution < -0.4 is 0 Å². The fourth-order valence-corrected chi connectivity index (χ4v) is 2.52. The van der Waals surface area contributed by atoms with Gasteiger partial charge in [0.05, 0.1) is 30.1 Å². The molecule has 0 aliphatic rings. The molecule has 0 unspecified atom stereocenters. The number of hydrogen-bond donors (Lipinski definition) is 0. The molecule has 0 saturated heterocycles. The first-order chi connectivity index (χ1) is 9.11. The smallest absolute Gasteiger partial charge is 0.339 e. The Morgan fingerprint density at radius 2 is 2.05 bits per heavy atom. The minimum Gasteiger partial charge on any atom is -0.465 e. The average molecular weight is 315 g/mol. The topological polar surface area (TPSA) is 52.1 Å². The number of methoxy groups -OCH3 is 1. The fraction of sp³-hybridized carbons (Fsp3) is 0.0833. The number of rotatable bonds is 3. The van der Waals surface area contributed by atoms with Crippen LogP contribution in [-0.4, -0.2) is 23.0 Å².